The van der Waals surface area contributed by atoms with Crippen molar-refractivity contribution < 1.29 is 14.4 Å². The van der Waals surface area contributed by atoms with E-state index < -0.39 is 11.7 Å². The molecule has 1 saturated carbocycles. The highest BCUT2D eigenvalue weighted by Crippen LogP contribution is 2.40. The van der Waals surface area contributed by atoms with E-state index in [1.165, 1.54) is 0 Å². The van der Waals surface area contributed by atoms with E-state index in [1.54, 1.807) is 7.11 Å². The van der Waals surface area contributed by atoms with Gasteiger partial charge in [-0.25, -0.2) is 0 Å². The Morgan fingerprint density at radius 2 is 2.16 bits per heavy atom. The molecule has 0 spiro atoms. The first-order valence-electron chi connectivity index (χ1n) is 7.16. The summed E-state index contributed by atoms with van der Waals surface area (Å²) in [5.41, 5.74) is -0.397. The van der Waals surface area contributed by atoms with E-state index in [0.29, 0.717) is 24.6 Å². The Balaban J connectivity index is 2.11. The molecule has 1 aromatic rings. The third kappa shape index (κ3) is 3.15. The second-order valence-corrected chi connectivity index (χ2v) is 5.66. The first-order valence-corrected chi connectivity index (χ1v) is 7.16. The SMILES string of the molecule is CCC(O)Cc1nc(C2(OC)CCC(C)CC2)no1. The Bertz CT molecular complexity index is 397. The van der Waals surface area contributed by atoms with Crippen LogP contribution in [0.25, 0.3) is 0 Å². The van der Waals surface area contributed by atoms with Crippen molar-refractivity contribution in [2.24, 2.45) is 5.92 Å². The summed E-state index contributed by atoms with van der Waals surface area (Å²) in [6.07, 6.45) is 4.78. The molecule has 5 heteroatoms. The van der Waals surface area contributed by atoms with Crippen LogP contribution < -0.4 is 0 Å². The Labute approximate surface area is 114 Å². The minimum absolute atomic E-state index is 0.397. The zero-order valence-electron chi connectivity index (χ0n) is 12.1. The average molecular weight is 268 g/mol. The quantitative estimate of drug-likeness (QED) is 0.888. The number of ether oxygens (including phenoxy) is 1. The largest absolute Gasteiger partial charge is 0.393 e. The van der Waals surface area contributed by atoms with Crippen molar-refractivity contribution in [3.8, 4) is 0 Å². The summed E-state index contributed by atoms with van der Waals surface area (Å²) in [5.74, 6) is 1.87. The molecule has 0 saturated heterocycles. The van der Waals surface area contributed by atoms with Crippen LogP contribution >= 0.6 is 0 Å². The van der Waals surface area contributed by atoms with Crippen LogP contribution in [0.1, 0.15) is 57.7 Å². The summed E-state index contributed by atoms with van der Waals surface area (Å²) in [6.45, 7) is 4.19. The van der Waals surface area contributed by atoms with Gasteiger partial charge in [0.05, 0.1) is 12.5 Å². The van der Waals surface area contributed by atoms with Crippen LogP contribution in [0.5, 0.6) is 0 Å². The maximum Gasteiger partial charge on any atom is 0.229 e. The molecular weight excluding hydrogens is 244 g/mol. The van der Waals surface area contributed by atoms with E-state index in [2.05, 4.69) is 17.1 Å². The summed E-state index contributed by atoms with van der Waals surface area (Å²) >= 11 is 0. The fourth-order valence-corrected chi connectivity index (χ4v) is 2.62. The summed E-state index contributed by atoms with van der Waals surface area (Å²) in [5, 5.41) is 13.7. The van der Waals surface area contributed by atoms with Crippen molar-refractivity contribution in [2.75, 3.05) is 7.11 Å². The second kappa shape index (κ2) is 6.01. The van der Waals surface area contributed by atoms with E-state index >= 15 is 0 Å². The normalized spacial score (nSPS) is 29.4. The average Bonchev–Trinajstić information content (AvgIpc) is 2.89. The first-order chi connectivity index (χ1) is 9.09. The number of nitrogens with zero attached hydrogens (tertiary/aromatic N) is 2. The number of methoxy groups -OCH3 is 1. The van der Waals surface area contributed by atoms with Gasteiger partial charge in [-0.2, -0.15) is 4.98 Å². The molecule has 2 rings (SSSR count). The molecule has 0 radical (unpaired) electrons. The summed E-state index contributed by atoms with van der Waals surface area (Å²) in [6, 6.07) is 0. The Morgan fingerprint density at radius 1 is 1.47 bits per heavy atom. The van der Waals surface area contributed by atoms with Crippen molar-refractivity contribution in [2.45, 2.75) is 64.1 Å². The zero-order valence-corrected chi connectivity index (χ0v) is 12.1. The lowest BCUT2D eigenvalue weighted by Gasteiger charge is -2.35. The van der Waals surface area contributed by atoms with E-state index in [4.69, 9.17) is 9.26 Å². The first kappa shape index (κ1) is 14.5. The van der Waals surface area contributed by atoms with Crippen LogP contribution in [-0.4, -0.2) is 28.5 Å². The summed E-state index contributed by atoms with van der Waals surface area (Å²) < 4.78 is 11.0. The Morgan fingerprint density at radius 3 is 2.74 bits per heavy atom. The van der Waals surface area contributed by atoms with Gasteiger partial charge in [-0.05, 0) is 38.0 Å². The molecule has 1 aromatic heterocycles. The molecule has 1 aliphatic rings. The number of rotatable bonds is 5. The molecule has 0 amide bonds. The van der Waals surface area contributed by atoms with Gasteiger partial charge in [0.1, 0.15) is 5.60 Å². The molecule has 5 nitrogen and oxygen atoms in total. The molecular formula is C14H24N2O3. The lowest BCUT2D eigenvalue weighted by Crippen LogP contribution is -2.34. The van der Waals surface area contributed by atoms with Gasteiger partial charge in [-0.3, -0.25) is 0 Å². The van der Waals surface area contributed by atoms with Crippen molar-refractivity contribution in [1.82, 2.24) is 10.1 Å². The summed E-state index contributed by atoms with van der Waals surface area (Å²) in [7, 11) is 1.72. The maximum atomic E-state index is 9.63. The molecule has 0 bridgehead atoms. The lowest BCUT2D eigenvalue weighted by atomic mass is 9.79. The van der Waals surface area contributed by atoms with Gasteiger partial charge in [-0.15, -0.1) is 0 Å². The minimum Gasteiger partial charge on any atom is -0.393 e. The van der Waals surface area contributed by atoms with E-state index in [1.807, 2.05) is 6.92 Å². The molecule has 1 N–H and O–H groups in total. The molecule has 19 heavy (non-hydrogen) atoms. The number of aliphatic hydroxyl groups is 1. The highest BCUT2D eigenvalue weighted by atomic mass is 16.5. The second-order valence-electron chi connectivity index (χ2n) is 5.66. The predicted octanol–water partition coefficient (Wildman–Crippen LogP) is 2.43. The molecule has 1 aliphatic carbocycles. The van der Waals surface area contributed by atoms with E-state index in [0.717, 1.165) is 31.6 Å². The number of aliphatic hydroxyl groups excluding tert-OH is 1. The summed E-state index contributed by atoms with van der Waals surface area (Å²) in [4.78, 5) is 4.43. The standard InChI is InChI=1S/C14H24N2O3/c1-4-11(17)9-12-15-13(16-19-12)14(18-3)7-5-10(2)6-8-14/h10-11,17H,4-9H2,1-3H3. The molecule has 108 valence electrons. The number of hydrogen-bond acceptors (Lipinski definition) is 5. The van der Waals surface area contributed by atoms with Crippen LogP contribution in [0.2, 0.25) is 0 Å². The zero-order chi connectivity index (χ0) is 13.9. The van der Waals surface area contributed by atoms with Crippen LogP contribution in [0, 0.1) is 5.92 Å². The van der Waals surface area contributed by atoms with Crippen molar-refractivity contribution in [1.29, 1.82) is 0 Å². The maximum absolute atomic E-state index is 9.63. The Hall–Kier alpha value is -0.940. The van der Waals surface area contributed by atoms with Crippen LogP contribution in [0.15, 0.2) is 4.52 Å². The molecule has 1 atom stereocenters. The van der Waals surface area contributed by atoms with Gasteiger partial charge >= 0.3 is 0 Å². The van der Waals surface area contributed by atoms with Crippen LogP contribution in [0.3, 0.4) is 0 Å². The third-order valence-corrected chi connectivity index (χ3v) is 4.23. The fourth-order valence-electron chi connectivity index (χ4n) is 2.62. The van der Waals surface area contributed by atoms with E-state index in [9.17, 15) is 5.11 Å². The van der Waals surface area contributed by atoms with Crippen molar-refractivity contribution >= 4 is 0 Å². The monoisotopic (exact) mass is 268 g/mol. The van der Waals surface area contributed by atoms with Crippen molar-refractivity contribution in [3.05, 3.63) is 11.7 Å². The highest BCUT2D eigenvalue weighted by molar-refractivity contribution is 5.04. The molecule has 1 heterocycles. The smallest absolute Gasteiger partial charge is 0.229 e. The van der Waals surface area contributed by atoms with Gasteiger partial charge < -0.3 is 14.4 Å². The fraction of sp³-hybridized carbons (Fsp3) is 0.857. The van der Waals surface area contributed by atoms with Gasteiger partial charge in [0.2, 0.25) is 11.7 Å². The topological polar surface area (TPSA) is 68.4 Å². The van der Waals surface area contributed by atoms with E-state index in [-0.39, 0.29) is 0 Å². The van der Waals surface area contributed by atoms with Gasteiger partial charge in [0.25, 0.3) is 0 Å². The van der Waals surface area contributed by atoms with Gasteiger partial charge in [-0.1, -0.05) is 19.0 Å². The highest BCUT2D eigenvalue weighted by Gasteiger charge is 2.40. The predicted molar refractivity (Wildman–Crippen MR) is 70.6 cm³/mol. The van der Waals surface area contributed by atoms with Gasteiger partial charge in [0, 0.05) is 7.11 Å². The molecule has 0 aliphatic heterocycles. The van der Waals surface area contributed by atoms with Gasteiger partial charge in [0.15, 0.2) is 0 Å². The molecule has 1 unspecified atom stereocenters. The van der Waals surface area contributed by atoms with Crippen LogP contribution in [-0.2, 0) is 16.8 Å². The number of aromatic nitrogens is 2. The lowest BCUT2D eigenvalue weighted by molar-refractivity contribution is -0.0609. The number of hydrogen-bond donors (Lipinski definition) is 1. The van der Waals surface area contributed by atoms with Crippen LogP contribution in [0.4, 0.5) is 0 Å². The molecule has 0 aromatic carbocycles. The Kier molecular flexibility index (Phi) is 4.58. The minimum atomic E-state index is -0.418. The van der Waals surface area contributed by atoms with Crippen molar-refractivity contribution in [3.63, 3.8) is 0 Å². The molecule has 1 fully saturated rings. The third-order valence-electron chi connectivity index (χ3n) is 4.23.